The molecule has 0 radical (unpaired) electrons. The van der Waals surface area contributed by atoms with E-state index in [0.717, 1.165) is 16.7 Å². The summed E-state index contributed by atoms with van der Waals surface area (Å²) in [6, 6.07) is 29.9. The van der Waals surface area contributed by atoms with Crippen LogP contribution in [0.4, 0.5) is 17.1 Å². The van der Waals surface area contributed by atoms with Gasteiger partial charge < -0.3 is 17.2 Å². The first-order valence-corrected chi connectivity index (χ1v) is 12.9. The lowest BCUT2D eigenvalue weighted by Gasteiger charge is -2.19. The maximum absolute atomic E-state index is 10.3. The van der Waals surface area contributed by atoms with Crippen molar-refractivity contribution in [2.45, 2.75) is 38.5 Å². The Bertz CT molecular complexity index is 1370. The third-order valence-electron chi connectivity index (χ3n) is 7.08. The summed E-state index contributed by atoms with van der Waals surface area (Å²) < 4.78 is 0. The Labute approximate surface area is 229 Å². The first kappa shape index (κ1) is 26.8. The summed E-state index contributed by atoms with van der Waals surface area (Å²) in [7, 11) is 0. The van der Waals surface area contributed by atoms with Gasteiger partial charge in [0.1, 0.15) is 0 Å². The lowest BCUT2D eigenvalue weighted by molar-refractivity contribution is 0.885. The predicted molar refractivity (Wildman–Crippen MR) is 155 cm³/mol. The molecule has 0 aliphatic rings. The van der Waals surface area contributed by atoms with Gasteiger partial charge in [-0.2, -0.15) is 15.8 Å². The Balaban J connectivity index is 1.78. The van der Waals surface area contributed by atoms with Crippen molar-refractivity contribution in [1.29, 1.82) is 15.8 Å². The molecule has 4 aromatic rings. The normalized spacial score (nSPS) is 10.4. The molecule has 4 rings (SSSR count). The van der Waals surface area contributed by atoms with E-state index in [1.54, 1.807) is 0 Å². The number of aryl methyl sites for hydroxylation is 3. The van der Waals surface area contributed by atoms with Crippen LogP contribution in [0.3, 0.4) is 0 Å². The SMILES string of the molecule is N#Cc1c(CCc2ccc(N)cc2)c(C#N)c(CCc2ccc(N)cc2)c(C#N)c1CCc1ccc(N)cc1. The molecule has 4 aromatic carbocycles. The van der Waals surface area contributed by atoms with E-state index in [4.69, 9.17) is 17.2 Å². The fourth-order valence-electron chi connectivity index (χ4n) is 4.94. The highest BCUT2D eigenvalue weighted by Crippen LogP contribution is 2.31. The van der Waals surface area contributed by atoms with Gasteiger partial charge in [-0.1, -0.05) is 36.4 Å². The highest BCUT2D eigenvalue weighted by molar-refractivity contribution is 5.64. The minimum atomic E-state index is 0.435. The molecule has 0 heterocycles. The first-order chi connectivity index (χ1) is 18.9. The second kappa shape index (κ2) is 12.3. The number of anilines is 3. The summed E-state index contributed by atoms with van der Waals surface area (Å²) in [5.41, 5.74) is 26.2. The minimum absolute atomic E-state index is 0.435. The molecule has 6 N–H and O–H groups in total. The Hall–Kier alpha value is -5.25. The number of nitrogen functional groups attached to an aromatic ring is 3. The van der Waals surface area contributed by atoms with Gasteiger partial charge in [-0.05, 0) is 108 Å². The molecule has 0 spiro atoms. The van der Waals surface area contributed by atoms with Gasteiger partial charge in [-0.15, -0.1) is 0 Å². The van der Waals surface area contributed by atoms with Gasteiger partial charge in [-0.25, -0.2) is 0 Å². The molecule has 0 amide bonds. The topological polar surface area (TPSA) is 149 Å². The summed E-state index contributed by atoms with van der Waals surface area (Å²) in [5, 5.41) is 31.0. The maximum atomic E-state index is 10.3. The van der Waals surface area contributed by atoms with Crippen molar-refractivity contribution < 1.29 is 0 Å². The number of hydrogen-bond acceptors (Lipinski definition) is 6. The largest absolute Gasteiger partial charge is 0.399 e. The summed E-state index contributed by atoms with van der Waals surface area (Å²) in [5.74, 6) is 0. The van der Waals surface area contributed by atoms with Crippen molar-refractivity contribution in [3.05, 3.63) is 123 Å². The van der Waals surface area contributed by atoms with Crippen molar-refractivity contribution in [1.82, 2.24) is 0 Å². The van der Waals surface area contributed by atoms with E-state index in [1.807, 2.05) is 72.8 Å². The van der Waals surface area contributed by atoms with Gasteiger partial charge in [0.25, 0.3) is 0 Å². The molecule has 0 unspecified atom stereocenters. The quantitative estimate of drug-likeness (QED) is 0.256. The van der Waals surface area contributed by atoms with Crippen LogP contribution < -0.4 is 17.2 Å². The van der Waals surface area contributed by atoms with E-state index >= 15 is 0 Å². The molecule has 6 heteroatoms. The Morgan fingerprint density at radius 3 is 0.821 bits per heavy atom. The van der Waals surface area contributed by atoms with Crippen LogP contribution in [0.1, 0.15) is 50.1 Å². The van der Waals surface area contributed by atoms with Gasteiger partial charge in [0.15, 0.2) is 0 Å². The van der Waals surface area contributed by atoms with Crippen LogP contribution in [0.5, 0.6) is 0 Å². The first-order valence-electron chi connectivity index (χ1n) is 12.9. The zero-order chi connectivity index (χ0) is 27.8. The van der Waals surface area contributed by atoms with Crippen molar-refractivity contribution >= 4 is 17.1 Å². The van der Waals surface area contributed by atoms with E-state index in [0.29, 0.717) is 89.0 Å². The van der Waals surface area contributed by atoms with Crippen molar-refractivity contribution in [3.63, 3.8) is 0 Å². The summed E-state index contributed by atoms with van der Waals surface area (Å²) in [6.45, 7) is 0. The fraction of sp³-hybridized carbons (Fsp3) is 0.182. The lowest BCUT2D eigenvalue weighted by Crippen LogP contribution is -2.12. The molecular formula is C33H30N6. The summed E-state index contributed by atoms with van der Waals surface area (Å²) in [6.07, 6.45) is 3.44. The number of nitrogens with zero attached hydrogens (tertiary/aromatic N) is 3. The molecule has 6 nitrogen and oxygen atoms in total. The monoisotopic (exact) mass is 510 g/mol. The van der Waals surface area contributed by atoms with Crippen molar-refractivity contribution in [2.24, 2.45) is 0 Å². The van der Waals surface area contributed by atoms with Gasteiger partial charge in [0, 0.05) is 17.1 Å². The highest BCUT2D eigenvalue weighted by Gasteiger charge is 2.24. The summed E-state index contributed by atoms with van der Waals surface area (Å²) >= 11 is 0. The van der Waals surface area contributed by atoms with Crippen LogP contribution in [-0.2, 0) is 38.5 Å². The average Bonchev–Trinajstić information content (AvgIpc) is 2.95. The zero-order valence-corrected chi connectivity index (χ0v) is 21.7. The standard InChI is InChI=1S/C33H30N6/c34-19-31-28(16-7-22-1-10-25(37)11-2-22)32(20-35)30(18-9-24-5-14-27(39)15-6-24)33(21-36)29(31)17-8-23-3-12-26(38)13-4-23/h1-6,10-15H,7-9,16-18,37-39H2. The fourth-order valence-corrected chi connectivity index (χ4v) is 4.94. The van der Waals surface area contributed by atoms with E-state index in [1.165, 1.54) is 0 Å². The molecule has 39 heavy (non-hydrogen) atoms. The zero-order valence-electron chi connectivity index (χ0n) is 21.7. The van der Waals surface area contributed by atoms with Crippen LogP contribution in [0, 0.1) is 34.0 Å². The molecule has 0 aliphatic carbocycles. The molecule has 192 valence electrons. The lowest BCUT2D eigenvalue weighted by atomic mass is 9.81. The van der Waals surface area contributed by atoms with E-state index in [2.05, 4.69) is 18.2 Å². The van der Waals surface area contributed by atoms with Gasteiger partial charge in [0.05, 0.1) is 34.9 Å². The maximum Gasteiger partial charge on any atom is 0.0998 e. The molecule has 0 fully saturated rings. The Morgan fingerprint density at radius 1 is 0.385 bits per heavy atom. The van der Waals surface area contributed by atoms with Gasteiger partial charge in [0.2, 0.25) is 0 Å². The second-order valence-electron chi connectivity index (χ2n) is 9.62. The van der Waals surface area contributed by atoms with Gasteiger partial charge >= 0.3 is 0 Å². The summed E-state index contributed by atoms with van der Waals surface area (Å²) in [4.78, 5) is 0. The third-order valence-corrected chi connectivity index (χ3v) is 7.08. The van der Waals surface area contributed by atoms with Crippen LogP contribution in [-0.4, -0.2) is 0 Å². The predicted octanol–water partition coefficient (Wildman–Crippen LogP) is 5.40. The van der Waals surface area contributed by atoms with Crippen LogP contribution in [0.25, 0.3) is 0 Å². The number of nitriles is 3. The molecule has 0 aromatic heterocycles. The average molecular weight is 511 g/mol. The minimum Gasteiger partial charge on any atom is -0.399 e. The Morgan fingerprint density at radius 2 is 0.615 bits per heavy atom. The van der Waals surface area contributed by atoms with E-state index in [-0.39, 0.29) is 0 Å². The third kappa shape index (κ3) is 6.37. The molecule has 0 saturated carbocycles. The number of rotatable bonds is 9. The molecule has 0 bridgehead atoms. The number of nitrogens with two attached hydrogens (primary N) is 3. The smallest absolute Gasteiger partial charge is 0.0998 e. The van der Waals surface area contributed by atoms with E-state index in [9.17, 15) is 15.8 Å². The number of hydrogen-bond donors (Lipinski definition) is 3. The molecule has 0 saturated heterocycles. The van der Waals surface area contributed by atoms with Crippen molar-refractivity contribution in [3.8, 4) is 18.2 Å². The molecule has 0 aliphatic heterocycles. The van der Waals surface area contributed by atoms with Crippen LogP contribution in [0.2, 0.25) is 0 Å². The van der Waals surface area contributed by atoms with Gasteiger partial charge in [-0.3, -0.25) is 0 Å². The Kier molecular flexibility index (Phi) is 8.47. The van der Waals surface area contributed by atoms with Crippen LogP contribution >= 0.6 is 0 Å². The molecule has 0 atom stereocenters. The van der Waals surface area contributed by atoms with Crippen molar-refractivity contribution in [2.75, 3.05) is 17.2 Å². The number of benzene rings is 4. The molecular weight excluding hydrogens is 480 g/mol. The second-order valence-corrected chi connectivity index (χ2v) is 9.62. The van der Waals surface area contributed by atoms with Crippen LogP contribution in [0.15, 0.2) is 72.8 Å². The highest BCUT2D eigenvalue weighted by atomic mass is 14.5. The van der Waals surface area contributed by atoms with E-state index < -0.39 is 0 Å².